The lowest BCUT2D eigenvalue weighted by molar-refractivity contribution is 0.0516. The predicted octanol–water partition coefficient (Wildman–Crippen LogP) is 2.61. The Labute approximate surface area is 115 Å². The Bertz CT molecular complexity index is 654. The van der Waals surface area contributed by atoms with E-state index < -0.39 is 11.8 Å². The smallest absolute Gasteiger partial charge is 0.365 e. The van der Waals surface area contributed by atoms with Crippen molar-refractivity contribution in [1.82, 2.24) is 0 Å². The number of aryl methyl sites for hydroxylation is 1. The molecule has 0 bridgehead atoms. The number of amidine groups is 1. The Balaban J connectivity index is 2.11. The van der Waals surface area contributed by atoms with Crippen molar-refractivity contribution in [3.8, 4) is 0 Å². The number of nitrogens with zero attached hydrogens (tertiary/aromatic N) is 1. The number of carbonyl (C=O) groups is 1. The van der Waals surface area contributed by atoms with E-state index in [0.29, 0.717) is 16.7 Å². The molecule has 0 heterocycles. The molecule has 0 fully saturated rings. The molecular weight excluding hydrogens is 259 g/mol. The van der Waals surface area contributed by atoms with Gasteiger partial charge in [0.25, 0.3) is 0 Å². The van der Waals surface area contributed by atoms with Gasteiger partial charge in [-0.3, -0.25) is 0 Å². The predicted molar refractivity (Wildman–Crippen MR) is 73.7 cm³/mol. The van der Waals surface area contributed by atoms with Gasteiger partial charge in [-0.05, 0) is 30.7 Å². The van der Waals surface area contributed by atoms with E-state index >= 15 is 0 Å². The first-order valence-electron chi connectivity index (χ1n) is 5.94. The van der Waals surface area contributed by atoms with Crippen LogP contribution in [0.5, 0.6) is 0 Å². The van der Waals surface area contributed by atoms with E-state index in [1.807, 2.05) is 0 Å². The van der Waals surface area contributed by atoms with Crippen molar-refractivity contribution < 1.29 is 14.0 Å². The summed E-state index contributed by atoms with van der Waals surface area (Å²) in [7, 11) is 0. The molecule has 0 aliphatic rings. The summed E-state index contributed by atoms with van der Waals surface area (Å²) in [5.41, 5.74) is 6.86. The molecular formula is C15H13FN2O2. The summed E-state index contributed by atoms with van der Waals surface area (Å²) in [6.07, 6.45) is 0. The van der Waals surface area contributed by atoms with Gasteiger partial charge in [-0.1, -0.05) is 35.5 Å². The van der Waals surface area contributed by atoms with Crippen molar-refractivity contribution in [2.45, 2.75) is 6.92 Å². The molecule has 4 nitrogen and oxygen atoms in total. The van der Waals surface area contributed by atoms with Crippen LogP contribution in [-0.4, -0.2) is 11.8 Å². The van der Waals surface area contributed by atoms with Crippen LogP contribution in [0, 0.1) is 12.7 Å². The van der Waals surface area contributed by atoms with Gasteiger partial charge in [-0.25, -0.2) is 9.18 Å². The summed E-state index contributed by atoms with van der Waals surface area (Å²) < 4.78 is 13.4. The summed E-state index contributed by atoms with van der Waals surface area (Å²) in [5.74, 6) is -1.08. The molecule has 0 unspecified atom stereocenters. The van der Waals surface area contributed by atoms with Crippen LogP contribution in [0.4, 0.5) is 4.39 Å². The summed E-state index contributed by atoms with van der Waals surface area (Å²) in [6.45, 7) is 1.64. The van der Waals surface area contributed by atoms with Gasteiger partial charge in [0, 0.05) is 5.56 Å². The van der Waals surface area contributed by atoms with E-state index in [4.69, 9.17) is 10.6 Å². The van der Waals surface area contributed by atoms with E-state index in [9.17, 15) is 9.18 Å². The zero-order chi connectivity index (χ0) is 14.5. The van der Waals surface area contributed by atoms with Crippen LogP contribution >= 0.6 is 0 Å². The fraction of sp³-hybridized carbons (Fsp3) is 0.0667. The number of nitrogens with two attached hydrogens (primary N) is 1. The molecule has 0 radical (unpaired) electrons. The monoisotopic (exact) mass is 272 g/mol. The number of hydrogen-bond acceptors (Lipinski definition) is 3. The van der Waals surface area contributed by atoms with Crippen LogP contribution in [0.1, 0.15) is 21.5 Å². The molecule has 0 saturated carbocycles. The van der Waals surface area contributed by atoms with Gasteiger partial charge >= 0.3 is 5.97 Å². The summed E-state index contributed by atoms with van der Waals surface area (Å²) in [6, 6.07) is 12.8. The molecule has 2 rings (SSSR count). The minimum Gasteiger partial charge on any atom is -0.380 e. The van der Waals surface area contributed by atoms with Crippen molar-refractivity contribution in [1.29, 1.82) is 0 Å². The average Bonchev–Trinajstić information content (AvgIpc) is 2.48. The van der Waals surface area contributed by atoms with Crippen LogP contribution in [-0.2, 0) is 4.84 Å². The highest BCUT2D eigenvalue weighted by atomic mass is 19.1. The minimum absolute atomic E-state index is 0.0619. The largest absolute Gasteiger partial charge is 0.380 e. The van der Waals surface area contributed by atoms with E-state index in [1.165, 1.54) is 6.07 Å². The first-order valence-corrected chi connectivity index (χ1v) is 5.94. The summed E-state index contributed by atoms with van der Waals surface area (Å²) in [4.78, 5) is 16.4. The average molecular weight is 272 g/mol. The van der Waals surface area contributed by atoms with Crippen molar-refractivity contribution >= 4 is 11.8 Å². The summed E-state index contributed by atoms with van der Waals surface area (Å²) >= 11 is 0. The Morgan fingerprint density at radius 1 is 1.15 bits per heavy atom. The van der Waals surface area contributed by atoms with E-state index in [1.54, 1.807) is 49.4 Å². The normalized spacial score (nSPS) is 11.2. The highest BCUT2D eigenvalue weighted by molar-refractivity contribution is 5.98. The molecule has 2 N–H and O–H groups in total. The van der Waals surface area contributed by atoms with Crippen molar-refractivity contribution in [3.05, 3.63) is 71.0 Å². The third kappa shape index (κ3) is 3.20. The molecule has 2 aromatic carbocycles. The quantitative estimate of drug-likeness (QED) is 0.404. The highest BCUT2D eigenvalue weighted by Crippen LogP contribution is 2.09. The summed E-state index contributed by atoms with van der Waals surface area (Å²) in [5, 5.41) is 3.52. The number of carbonyl (C=O) groups excluding carboxylic acids is 1. The maximum atomic E-state index is 13.4. The molecule has 0 aromatic heterocycles. The number of oxime groups is 1. The Morgan fingerprint density at radius 3 is 2.50 bits per heavy atom. The van der Waals surface area contributed by atoms with Crippen molar-refractivity contribution in [3.63, 3.8) is 0 Å². The lowest BCUT2D eigenvalue weighted by Gasteiger charge is -2.03. The maximum absolute atomic E-state index is 13.4. The number of rotatable bonds is 3. The first kappa shape index (κ1) is 13.7. The Hall–Kier alpha value is -2.69. The number of hydrogen-bond donors (Lipinski definition) is 1. The molecule has 20 heavy (non-hydrogen) atoms. The first-order chi connectivity index (χ1) is 9.58. The third-order valence-corrected chi connectivity index (χ3v) is 2.70. The molecule has 5 heteroatoms. The molecule has 0 amide bonds. The molecule has 0 saturated heterocycles. The van der Waals surface area contributed by atoms with Crippen LogP contribution in [0.3, 0.4) is 0 Å². The fourth-order valence-corrected chi connectivity index (χ4v) is 1.52. The topological polar surface area (TPSA) is 64.7 Å². The fourth-order valence-electron chi connectivity index (χ4n) is 1.52. The van der Waals surface area contributed by atoms with Gasteiger partial charge in [0.2, 0.25) is 0 Å². The van der Waals surface area contributed by atoms with Crippen LogP contribution < -0.4 is 5.73 Å². The second kappa shape index (κ2) is 5.97. The van der Waals surface area contributed by atoms with E-state index in [-0.39, 0.29) is 5.84 Å². The Kier molecular flexibility index (Phi) is 4.10. The number of benzene rings is 2. The van der Waals surface area contributed by atoms with Gasteiger partial charge in [0.15, 0.2) is 5.84 Å². The van der Waals surface area contributed by atoms with E-state index in [0.717, 1.165) is 0 Å². The van der Waals surface area contributed by atoms with Crippen molar-refractivity contribution in [2.24, 2.45) is 10.9 Å². The second-order valence-corrected chi connectivity index (χ2v) is 4.19. The molecule has 102 valence electrons. The van der Waals surface area contributed by atoms with Crippen LogP contribution in [0.15, 0.2) is 53.7 Å². The van der Waals surface area contributed by atoms with Gasteiger partial charge in [-0.2, -0.15) is 0 Å². The van der Waals surface area contributed by atoms with Crippen LogP contribution in [0.2, 0.25) is 0 Å². The third-order valence-electron chi connectivity index (χ3n) is 2.70. The molecule has 0 aliphatic carbocycles. The molecule has 0 spiro atoms. The van der Waals surface area contributed by atoms with E-state index in [2.05, 4.69) is 5.16 Å². The zero-order valence-electron chi connectivity index (χ0n) is 10.8. The number of halogens is 1. The lowest BCUT2D eigenvalue weighted by Crippen LogP contribution is -2.15. The van der Waals surface area contributed by atoms with Gasteiger partial charge in [0.1, 0.15) is 5.82 Å². The molecule has 0 atom stereocenters. The SMILES string of the molecule is Cc1ccc(C(N)=NOC(=O)c2ccccc2)cc1F. The maximum Gasteiger partial charge on any atom is 0.365 e. The van der Waals surface area contributed by atoms with Gasteiger partial charge in [0.05, 0.1) is 5.56 Å². The standard InChI is InChI=1S/C15H13FN2O2/c1-10-7-8-12(9-13(10)16)14(17)18-20-15(19)11-5-3-2-4-6-11/h2-9H,1H3,(H2,17,18). The van der Waals surface area contributed by atoms with Crippen molar-refractivity contribution in [2.75, 3.05) is 0 Å². The molecule has 0 aliphatic heterocycles. The lowest BCUT2D eigenvalue weighted by atomic mass is 10.1. The minimum atomic E-state index is -0.624. The Morgan fingerprint density at radius 2 is 1.85 bits per heavy atom. The van der Waals surface area contributed by atoms with Gasteiger partial charge < -0.3 is 10.6 Å². The van der Waals surface area contributed by atoms with Crippen LogP contribution in [0.25, 0.3) is 0 Å². The molecule has 2 aromatic rings. The zero-order valence-corrected chi connectivity index (χ0v) is 10.8. The highest BCUT2D eigenvalue weighted by Gasteiger charge is 2.08. The second-order valence-electron chi connectivity index (χ2n) is 4.19. The van der Waals surface area contributed by atoms with Gasteiger partial charge in [-0.15, -0.1) is 0 Å².